The van der Waals surface area contributed by atoms with Crippen LogP contribution in [0.1, 0.15) is 17.7 Å². The monoisotopic (exact) mass is 473 g/mol. The van der Waals surface area contributed by atoms with Gasteiger partial charge in [0.05, 0.1) is 0 Å². The molecule has 0 aromatic carbocycles. The molecular formula is C7H4BrF2I2N. The molecule has 0 aliphatic rings. The second-order valence-electron chi connectivity index (χ2n) is 2.24. The Labute approximate surface area is 110 Å². The van der Waals surface area contributed by atoms with Crippen LogP contribution >= 0.6 is 61.1 Å². The van der Waals surface area contributed by atoms with Crippen molar-refractivity contribution in [3.05, 3.63) is 24.6 Å². The molecule has 1 nitrogen and oxygen atoms in total. The molecule has 0 saturated carbocycles. The summed E-state index contributed by atoms with van der Waals surface area (Å²) in [6.45, 7) is 0. The Bertz CT molecular complexity index is 320. The first kappa shape index (κ1) is 12.0. The molecule has 0 unspecified atom stereocenters. The van der Waals surface area contributed by atoms with Gasteiger partial charge in [-0.05, 0) is 56.8 Å². The van der Waals surface area contributed by atoms with Crippen LogP contribution in [-0.4, -0.2) is 4.98 Å². The lowest BCUT2D eigenvalue weighted by Crippen LogP contribution is -2.00. The molecule has 0 aliphatic carbocycles. The summed E-state index contributed by atoms with van der Waals surface area (Å²) in [4.78, 5) is 3.84. The molecule has 1 rings (SSSR count). The van der Waals surface area contributed by atoms with Gasteiger partial charge >= 0.3 is 0 Å². The lowest BCUT2D eigenvalue weighted by molar-refractivity contribution is 0.145. The minimum Gasteiger partial charge on any atom is -0.239 e. The van der Waals surface area contributed by atoms with Crippen LogP contribution in [0.4, 0.5) is 8.78 Å². The van der Waals surface area contributed by atoms with Crippen LogP contribution in [0.3, 0.4) is 0 Å². The first-order valence-corrected chi connectivity index (χ1v) is 6.53. The highest BCUT2D eigenvalue weighted by molar-refractivity contribution is 14.1. The number of hydrogen-bond acceptors (Lipinski definition) is 1. The average molecular weight is 474 g/mol. The summed E-state index contributed by atoms with van der Waals surface area (Å²) in [7, 11) is 0. The van der Waals surface area contributed by atoms with Crippen LogP contribution in [0.15, 0.2) is 6.07 Å². The van der Waals surface area contributed by atoms with Crippen molar-refractivity contribution in [2.75, 3.05) is 0 Å². The molecule has 0 bridgehead atoms. The zero-order chi connectivity index (χ0) is 10.0. The Morgan fingerprint density at radius 3 is 2.54 bits per heavy atom. The summed E-state index contributed by atoms with van der Waals surface area (Å²) in [6.07, 6.45) is -2.50. The van der Waals surface area contributed by atoms with Crippen LogP contribution in [0.25, 0.3) is 0 Å². The molecule has 1 heterocycles. The third kappa shape index (κ3) is 2.95. The number of hydrogen-bond donors (Lipinski definition) is 0. The van der Waals surface area contributed by atoms with Gasteiger partial charge in [0.2, 0.25) is 0 Å². The van der Waals surface area contributed by atoms with Crippen LogP contribution in [0.2, 0.25) is 0 Å². The minimum absolute atomic E-state index is 0.123. The highest BCUT2D eigenvalue weighted by Gasteiger charge is 2.16. The Morgan fingerprint density at radius 1 is 1.46 bits per heavy atom. The first-order valence-electron chi connectivity index (χ1n) is 3.25. The lowest BCUT2D eigenvalue weighted by Gasteiger charge is -2.06. The lowest BCUT2D eigenvalue weighted by atomic mass is 10.2. The molecule has 13 heavy (non-hydrogen) atoms. The van der Waals surface area contributed by atoms with Crippen LogP contribution < -0.4 is 0 Å². The van der Waals surface area contributed by atoms with Gasteiger partial charge in [-0.2, -0.15) is 0 Å². The van der Waals surface area contributed by atoms with E-state index < -0.39 is 6.43 Å². The second kappa shape index (κ2) is 5.15. The fraction of sp³-hybridized carbons (Fsp3) is 0.286. The van der Waals surface area contributed by atoms with Crippen molar-refractivity contribution in [2.24, 2.45) is 0 Å². The summed E-state index contributed by atoms with van der Waals surface area (Å²) in [5.41, 5.74) is 0.432. The van der Waals surface area contributed by atoms with E-state index in [4.69, 9.17) is 0 Å². The Hall–Kier alpha value is 0.950. The van der Waals surface area contributed by atoms with E-state index in [1.54, 1.807) is 6.07 Å². The van der Waals surface area contributed by atoms with E-state index in [1.807, 2.05) is 22.6 Å². The van der Waals surface area contributed by atoms with Crippen LogP contribution in [0.5, 0.6) is 0 Å². The maximum Gasteiger partial charge on any atom is 0.280 e. The SMILES string of the molecule is FC(F)c1nc(I)c(I)cc1CBr. The van der Waals surface area contributed by atoms with Gasteiger partial charge in [0, 0.05) is 8.90 Å². The van der Waals surface area contributed by atoms with Crippen molar-refractivity contribution in [1.82, 2.24) is 4.98 Å². The molecular weight excluding hydrogens is 470 g/mol. The van der Waals surface area contributed by atoms with E-state index in [-0.39, 0.29) is 5.69 Å². The van der Waals surface area contributed by atoms with Crippen molar-refractivity contribution >= 4 is 61.1 Å². The predicted molar refractivity (Wildman–Crippen MR) is 67.3 cm³/mol. The molecule has 0 saturated heterocycles. The molecule has 0 amide bonds. The van der Waals surface area contributed by atoms with Gasteiger partial charge in [-0.15, -0.1) is 0 Å². The molecule has 0 radical (unpaired) electrons. The molecule has 6 heteroatoms. The molecule has 0 N–H and O–H groups in total. The number of nitrogens with zero attached hydrogens (tertiary/aromatic N) is 1. The maximum atomic E-state index is 12.4. The van der Waals surface area contributed by atoms with E-state index in [9.17, 15) is 8.78 Å². The third-order valence-corrected chi connectivity index (χ3v) is 4.68. The molecule has 0 atom stereocenters. The average Bonchev–Trinajstić information content (AvgIpc) is 2.08. The first-order chi connectivity index (χ1) is 6.06. The van der Waals surface area contributed by atoms with Gasteiger partial charge in [0.15, 0.2) is 0 Å². The summed E-state index contributed by atoms with van der Waals surface area (Å²) in [5.74, 6) is 0. The van der Waals surface area contributed by atoms with E-state index >= 15 is 0 Å². The van der Waals surface area contributed by atoms with Gasteiger partial charge in [-0.25, -0.2) is 13.8 Å². The zero-order valence-electron chi connectivity index (χ0n) is 6.20. The van der Waals surface area contributed by atoms with Gasteiger partial charge in [-0.3, -0.25) is 0 Å². The molecule has 0 fully saturated rings. The summed E-state index contributed by atoms with van der Waals surface area (Å²) in [5, 5.41) is 0.409. The number of aromatic nitrogens is 1. The standard InChI is InChI=1S/C7H4BrF2I2N/c8-2-3-1-4(11)7(12)13-5(3)6(9)10/h1,6H,2H2. The fourth-order valence-corrected chi connectivity index (χ4v) is 2.17. The largest absolute Gasteiger partial charge is 0.280 e. The molecule has 0 spiro atoms. The van der Waals surface area contributed by atoms with E-state index in [2.05, 4.69) is 43.5 Å². The Kier molecular flexibility index (Phi) is 4.76. The van der Waals surface area contributed by atoms with Gasteiger partial charge in [0.1, 0.15) is 9.39 Å². The van der Waals surface area contributed by atoms with E-state index in [0.29, 0.717) is 14.6 Å². The van der Waals surface area contributed by atoms with Gasteiger partial charge < -0.3 is 0 Å². The van der Waals surface area contributed by atoms with Crippen molar-refractivity contribution in [2.45, 2.75) is 11.8 Å². The fourth-order valence-electron chi connectivity index (χ4n) is 0.813. The molecule has 1 aromatic rings. The summed E-state index contributed by atoms with van der Waals surface area (Å²) in [6, 6.07) is 1.73. The number of rotatable bonds is 2. The molecule has 1 aromatic heterocycles. The topological polar surface area (TPSA) is 12.9 Å². The normalized spacial score (nSPS) is 10.9. The minimum atomic E-state index is -2.50. The third-order valence-electron chi connectivity index (χ3n) is 1.40. The van der Waals surface area contributed by atoms with E-state index in [0.717, 1.165) is 3.57 Å². The van der Waals surface area contributed by atoms with Gasteiger partial charge in [-0.1, -0.05) is 15.9 Å². The Balaban J connectivity index is 3.25. The van der Waals surface area contributed by atoms with Gasteiger partial charge in [0.25, 0.3) is 6.43 Å². The van der Waals surface area contributed by atoms with Crippen LogP contribution in [-0.2, 0) is 5.33 Å². The number of halogens is 5. The number of alkyl halides is 3. The number of pyridine rings is 1. The van der Waals surface area contributed by atoms with E-state index in [1.165, 1.54) is 0 Å². The maximum absolute atomic E-state index is 12.4. The Morgan fingerprint density at radius 2 is 2.08 bits per heavy atom. The highest BCUT2D eigenvalue weighted by atomic mass is 127. The highest BCUT2D eigenvalue weighted by Crippen LogP contribution is 2.26. The molecule has 0 aliphatic heterocycles. The second-order valence-corrected chi connectivity index (χ2v) is 4.98. The van der Waals surface area contributed by atoms with Crippen LogP contribution in [0, 0.1) is 7.27 Å². The summed E-state index contributed by atoms with van der Waals surface area (Å²) < 4.78 is 26.4. The molecule has 72 valence electrons. The smallest absolute Gasteiger partial charge is 0.239 e. The van der Waals surface area contributed by atoms with Crippen molar-refractivity contribution in [3.8, 4) is 0 Å². The summed E-state index contributed by atoms with van der Waals surface area (Å²) >= 11 is 7.18. The predicted octanol–water partition coefficient (Wildman–Crippen LogP) is 4.12. The van der Waals surface area contributed by atoms with Crippen molar-refractivity contribution < 1.29 is 8.78 Å². The quantitative estimate of drug-likeness (QED) is 0.358. The van der Waals surface area contributed by atoms with Crippen molar-refractivity contribution in [1.29, 1.82) is 0 Å². The van der Waals surface area contributed by atoms with Crippen molar-refractivity contribution in [3.63, 3.8) is 0 Å². The zero-order valence-corrected chi connectivity index (χ0v) is 12.1.